The van der Waals surface area contributed by atoms with Crippen molar-refractivity contribution >= 4 is 17.6 Å². The first kappa shape index (κ1) is 17.2. The molecule has 0 radical (unpaired) electrons. The van der Waals surface area contributed by atoms with Gasteiger partial charge in [-0.05, 0) is 5.56 Å². The van der Waals surface area contributed by atoms with Gasteiger partial charge in [0, 0.05) is 43.5 Å². The van der Waals surface area contributed by atoms with E-state index in [4.69, 9.17) is 5.11 Å². The second-order valence-electron chi connectivity index (χ2n) is 6.75. The van der Waals surface area contributed by atoms with Gasteiger partial charge in [-0.1, -0.05) is 30.3 Å². The largest absolute Gasteiger partial charge is 0.481 e. The number of fused-ring (bicyclic) bond motifs is 1. The third-order valence-corrected chi connectivity index (χ3v) is 4.99. The van der Waals surface area contributed by atoms with Gasteiger partial charge in [0.2, 0.25) is 0 Å². The number of carboxylic acids is 2. The van der Waals surface area contributed by atoms with E-state index in [-0.39, 0.29) is 11.5 Å². The van der Waals surface area contributed by atoms with Crippen LogP contribution in [-0.2, 0) is 11.3 Å². The Hall–Kier alpha value is -3.26. The fourth-order valence-corrected chi connectivity index (χ4v) is 3.71. The molecule has 3 heterocycles. The van der Waals surface area contributed by atoms with Crippen molar-refractivity contribution in [3.8, 4) is 0 Å². The Morgan fingerprint density at radius 3 is 2.59 bits per heavy atom. The predicted molar refractivity (Wildman–Crippen MR) is 95.5 cm³/mol. The fraction of sp³-hybridized carbons (Fsp3) is 0.263. The SMILES string of the molecule is O=C(O)c1cnn2cc(CN3C[C@H](C(=O)O)[C@@H](c4ccccc4)C3)cnc12. The lowest BCUT2D eigenvalue weighted by molar-refractivity contribution is -0.141. The van der Waals surface area contributed by atoms with Gasteiger partial charge < -0.3 is 10.2 Å². The Balaban J connectivity index is 1.55. The molecule has 2 atom stereocenters. The summed E-state index contributed by atoms with van der Waals surface area (Å²) >= 11 is 0. The summed E-state index contributed by atoms with van der Waals surface area (Å²) in [6, 6.07) is 9.70. The highest BCUT2D eigenvalue weighted by Gasteiger charge is 2.38. The molecule has 0 bridgehead atoms. The molecule has 0 unspecified atom stereocenters. The normalized spacial score (nSPS) is 20.1. The number of carboxylic acid groups (broad SMARTS) is 2. The fourth-order valence-electron chi connectivity index (χ4n) is 3.71. The van der Waals surface area contributed by atoms with Crippen LogP contribution in [0, 0.1) is 5.92 Å². The summed E-state index contributed by atoms with van der Waals surface area (Å²) in [5.41, 5.74) is 2.22. The average molecular weight is 366 g/mol. The lowest BCUT2D eigenvalue weighted by Crippen LogP contribution is -2.23. The molecule has 1 aliphatic rings. The number of aromatic carboxylic acids is 1. The van der Waals surface area contributed by atoms with Gasteiger partial charge in [0.15, 0.2) is 5.65 Å². The molecule has 1 aliphatic heterocycles. The lowest BCUT2D eigenvalue weighted by atomic mass is 9.89. The van der Waals surface area contributed by atoms with E-state index in [1.54, 1.807) is 12.4 Å². The minimum atomic E-state index is -1.07. The van der Waals surface area contributed by atoms with Gasteiger partial charge in [-0.15, -0.1) is 0 Å². The van der Waals surface area contributed by atoms with Gasteiger partial charge in [-0.25, -0.2) is 14.3 Å². The molecular weight excluding hydrogens is 348 g/mol. The van der Waals surface area contributed by atoms with E-state index in [0.717, 1.165) is 11.1 Å². The monoisotopic (exact) mass is 366 g/mol. The van der Waals surface area contributed by atoms with Crippen LogP contribution in [0.5, 0.6) is 0 Å². The summed E-state index contributed by atoms with van der Waals surface area (Å²) < 4.78 is 1.44. The van der Waals surface area contributed by atoms with Crippen molar-refractivity contribution in [2.24, 2.45) is 5.92 Å². The molecule has 2 aromatic heterocycles. The molecule has 4 rings (SSSR count). The summed E-state index contributed by atoms with van der Waals surface area (Å²) in [4.78, 5) is 29.2. The van der Waals surface area contributed by atoms with Crippen LogP contribution in [0.15, 0.2) is 48.9 Å². The average Bonchev–Trinajstić information content (AvgIpc) is 3.26. The van der Waals surface area contributed by atoms with Crippen molar-refractivity contribution in [3.63, 3.8) is 0 Å². The minimum Gasteiger partial charge on any atom is -0.481 e. The zero-order chi connectivity index (χ0) is 19.0. The third-order valence-electron chi connectivity index (χ3n) is 4.99. The molecule has 138 valence electrons. The molecule has 0 saturated carbocycles. The number of hydrogen-bond acceptors (Lipinski definition) is 5. The topological polar surface area (TPSA) is 108 Å². The maximum absolute atomic E-state index is 11.7. The second-order valence-corrected chi connectivity index (χ2v) is 6.75. The smallest absolute Gasteiger partial charge is 0.341 e. The first-order valence-corrected chi connectivity index (χ1v) is 8.58. The van der Waals surface area contributed by atoms with Crippen molar-refractivity contribution < 1.29 is 19.8 Å². The second kappa shape index (κ2) is 6.81. The van der Waals surface area contributed by atoms with Gasteiger partial charge >= 0.3 is 11.9 Å². The summed E-state index contributed by atoms with van der Waals surface area (Å²) in [6.45, 7) is 1.61. The van der Waals surface area contributed by atoms with E-state index < -0.39 is 17.9 Å². The van der Waals surface area contributed by atoms with Crippen molar-refractivity contribution in [2.45, 2.75) is 12.5 Å². The van der Waals surface area contributed by atoms with Gasteiger partial charge in [0.25, 0.3) is 0 Å². The van der Waals surface area contributed by atoms with E-state index in [2.05, 4.69) is 15.0 Å². The Bertz CT molecular complexity index is 1000. The predicted octanol–water partition coefficient (Wildman–Crippen LogP) is 1.73. The third kappa shape index (κ3) is 3.26. The summed E-state index contributed by atoms with van der Waals surface area (Å²) in [7, 11) is 0. The molecule has 8 heteroatoms. The summed E-state index contributed by atoms with van der Waals surface area (Å²) in [5.74, 6) is -2.39. The molecule has 27 heavy (non-hydrogen) atoms. The summed E-state index contributed by atoms with van der Waals surface area (Å²) in [5, 5.41) is 22.8. The molecular formula is C19H18N4O4. The Morgan fingerprint density at radius 1 is 1.11 bits per heavy atom. The number of aliphatic carboxylic acids is 1. The first-order chi connectivity index (χ1) is 13.0. The molecule has 2 N–H and O–H groups in total. The highest BCUT2D eigenvalue weighted by molar-refractivity contribution is 5.94. The van der Waals surface area contributed by atoms with Crippen molar-refractivity contribution in [1.82, 2.24) is 19.5 Å². The van der Waals surface area contributed by atoms with Crippen LogP contribution in [-0.4, -0.2) is 54.7 Å². The molecule has 8 nitrogen and oxygen atoms in total. The Labute approximate surface area is 154 Å². The van der Waals surface area contributed by atoms with Gasteiger partial charge in [-0.3, -0.25) is 9.69 Å². The minimum absolute atomic E-state index is 0.0535. The highest BCUT2D eigenvalue weighted by atomic mass is 16.4. The van der Waals surface area contributed by atoms with E-state index in [1.165, 1.54) is 10.7 Å². The van der Waals surface area contributed by atoms with E-state index in [9.17, 15) is 14.7 Å². The lowest BCUT2D eigenvalue weighted by Gasteiger charge is -2.16. The van der Waals surface area contributed by atoms with Crippen LogP contribution in [0.2, 0.25) is 0 Å². The quantitative estimate of drug-likeness (QED) is 0.708. The van der Waals surface area contributed by atoms with Gasteiger partial charge in [0.05, 0.1) is 12.1 Å². The maximum Gasteiger partial charge on any atom is 0.341 e. The molecule has 3 aromatic rings. The zero-order valence-electron chi connectivity index (χ0n) is 14.4. The number of carbonyl (C=O) groups is 2. The number of likely N-dealkylation sites (tertiary alicyclic amines) is 1. The number of nitrogens with zero attached hydrogens (tertiary/aromatic N) is 4. The van der Waals surface area contributed by atoms with Crippen LogP contribution in [0.3, 0.4) is 0 Å². The van der Waals surface area contributed by atoms with Crippen LogP contribution in [0.25, 0.3) is 5.65 Å². The van der Waals surface area contributed by atoms with Crippen LogP contribution >= 0.6 is 0 Å². The van der Waals surface area contributed by atoms with E-state index >= 15 is 0 Å². The van der Waals surface area contributed by atoms with Crippen LogP contribution < -0.4 is 0 Å². The van der Waals surface area contributed by atoms with Crippen molar-refractivity contribution in [3.05, 3.63) is 65.6 Å². The van der Waals surface area contributed by atoms with Crippen molar-refractivity contribution in [1.29, 1.82) is 0 Å². The number of aromatic nitrogens is 3. The standard InChI is InChI=1S/C19H18N4O4/c24-18(25)14-7-21-23-9-12(6-20-17(14)23)8-22-10-15(16(11-22)19(26)27)13-4-2-1-3-5-13/h1-7,9,15-16H,8,10-11H2,(H,24,25)(H,26,27)/t15-,16+/m1/s1. The summed E-state index contributed by atoms with van der Waals surface area (Å²) in [6.07, 6.45) is 4.63. The highest BCUT2D eigenvalue weighted by Crippen LogP contribution is 2.33. The molecule has 1 aromatic carbocycles. The molecule has 0 spiro atoms. The maximum atomic E-state index is 11.7. The van der Waals surface area contributed by atoms with Gasteiger partial charge in [0.1, 0.15) is 5.56 Å². The van der Waals surface area contributed by atoms with E-state index in [0.29, 0.717) is 25.3 Å². The molecule has 0 aliphatic carbocycles. The number of rotatable bonds is 5. The zero-order valence-corrected chi connectivity index (χ0v) is 14.4. The van der Waals surface area contributed by atoms with Crippen molar-refractivity contribution in [2.75, 3.05) is 13.1 Å². The van der Waals surface area contributed by atoms with Gasteiger partial charge in [-0.2, -0.15) is 5.10 Å². The molecule has 1 fully saturated rings. The number of benzene rings is 1. The number of hydrogen-bond donors (Lipinski definition) is 2. The van der Waals surface area contributed by atoms with Crippen LogP contribution in [0.1, 0.15) is 27.4 Å². The van der Waals surface area contributed by atoms with E-state index in [1.807, 2.05) is 30.3 Å². The Kier molecular flexibility index (Phi) is 4.33. The Morgan fingerprint density at radius 2 is 1.89 bits per heavy atom. The molecule has 1 saturated heterocycles. The first-order valence-electron chi connectivity index (χ1n) is 8.58. The van der Waals surface area contributed by atoms with Crippen LogP contribution in [0.4, 0.5) is 0 Å². The molecule has 0 amide bonds.